The molecule has 78 valence electrons. The summed E-state index contributed by atoms with van der Waals surface area (Å²) in [5.74, 6) is 0.331. The molecule has 2 nitrogen and oxygen atoms in total. The summed E-state index contributed by atoms with van der Waals surface area (Å²) < 4.78 is 1.02. The highest BCUT2D eigenvalue weighted by Gasteiger charge is 2.09. The van der Waals surface area contributed by atoms with Crippen LogP contribution in [0.1, 0.15) is 5.01 Å². The minimum Gasteiger partial charge on any atom is -0.298 e. The van der Waals surface area contributed by atoms with Gasteiger partial charge in [0, 0.05) is 5.75 Å². The Morgan fingerprint density at radius 2 is 2.33 bits per heavy atom. The van der Waals surface area contributed by atoms with Gasteiger partial charge >= 0.3 is 0 Å². The van der Waals surface area contributed by atoms with Crippen molar-refractivity contribution in [3.63, 3.8) is 0 Å². The molecule has 0 radical (unpaired) electrons. The molecule has 1 aromatic carbocycles. The molecule has 0 fully saturated rings. The van der Waals surface area contributed by atoms with Crippen molar-refractivity contribution in [3.8, 4) is 0 Å². The second-order valence-electron chi connectivity index (χ2n) is 3.07. The molecule has 0 spiro atoms. The van der Waals surface area contributed by atoms with Crippen molar-refractivity contribution in [1.82, 2.24) is 4.98 Å². The fourth-order valence-corrected chi connectivity index (χ4v) is 2.67. The third-order valence-corrected chi connectivity index (χ3v) is 3.62. The number of Topliss-reactive ketones (excluding diaryl/α,β-unsaturated/α-hetero) is 1. The number of ketones is 1. The van der Waals surface area contributed by atoms with E-state index >= 15 is 0 Å². The van der Waals surface area contributed by atoms with E-state index in [-0.39, 0.29) is 11.5 Å². The Labute approximate surface area is 102 Å². The third-order valence-electron chi connectivity index (χ3n) is 1.94. The summed E-state index contributed by atoms with van der Waals surface area (Å²) in [6, 6.07) is 5.63. The first-order valence-electron chi connectivity index (χ1n) is 4.37. The predicted octanol–water partition coefficient (Wildman–Crippen LogP) is 2.99. The summed E-state index contributed by atoms with van der Waals surface area (Å²) in [7, 11) is 0. The number of carbonyl (C=O) groups is 1. The van der Waals surface area contributed by atoms with E-state index in [1.54, 1.807) is 6.07 Å². The van der Waals surface area contributed by atoms with Crippen LogP contribution >= 0.6 is 35.6 Å². The van der Waals surface area contributed by atoms with Crippen molar-refractivity contribution in [2.75, 3.05) is 5.75 Å². The van der Waals surface area contributed by atoms with E-state index in [1.807, 2.05) is 12.1 Å². The van der Waals surface area contributed by atoms with Gasteiger partial charge in [0.2, 0.25) is 0 Å². The third kappa shape index (κ3) is 2.33. The number of nitrogens with zero attached hydrogens (tertiary/aromatic N) is 1. The van der Waals surface area contributed by atoms with Gasteiger partial charge < -0.3 is 0 Å². The zero-order valence-electron chi connectivity index (χ0n) is 7.74. The molecule has 1 heterocycles. The highest BCUT2D eigenvalue weighted by atomic mass is 35.5. The molecule has 0 aliphatic rings. The summed E-state index contributed by atoms with van der Waals surface area (Å²) in [5, 5.41) is 1.44. The number of benzene rings is 1. The molecule has 2 aromatic rings. The first kappa shape index (κ1) is 10.9. The molecule has 0 saturated heterocycles. The Bertz CT molecular complexity index is 509. The molecule has 5 heteroatoms. The lowest BCUT2D eigenvalue weighted by atomic mass is 10.3. The van der Waals surface area contributed by atoms with Crippen LogP contribution in [-0.4, -0.2) is 16.5 Å². The molecule has 0 aliphatic carbocycles. The van der Waals surface area contributed by atoms with Gasteiger partial charge in [0.15, 0.2) is 0 Å². The lowest BCUT2D eigenvalue weighted by Gasteiger charge is -1.90. The summed E-state index contributed by atoms with van der Waals surface area (Å²) in [6.45, 7) is 0. The molecular formula is C10H8ClNOS2. The van der Waals surface area contributed by atoms with Crippen LogP contribution in [0.2, 0.25) is 5.02 Å². The first-order valence-corrected chi connectivity index (χ1v) is 6.20. The zero-order valence-corrected chi connectivity index (χ0v) is 10.2. The second-order valence-corrected chi connectivity index (χ2v) is 4.91. The molecule has 1 aromatic heterocycles. The monoisotopic (exact) mass is 257 g/mol. The summed E-state index contributed by atoms with van der Waals surface area (Å²) >= 11 is 11.4. The maximum Gasteiger partial charge on any atom is 0.149 e. The number of fused-ring (bicyclic) bond motifs is 1. The lowest BCUT2D eigenvalue weighted by Crippen LogP contribution is -2.02. The number of halogens is 1. The topological polar surface area (TPSA) is 30.0 Å². The quantitative estimate of drug-likeness (QED) is 0.857. The van der Waals surface area contributed by atoms with Gasteiger partial charge in [-0.2, -0.15) is 12.6 Å². The minimum absolute atomic E-state index is 0.0773. The van der Waals surface area contributed by atoms with Gasteiger partial charge in [-0.3, -0.25) is 4.79 Å². The average Bonchev–Trinajstić information content (AvgIpc) is 2.62. The molecule has 2 rings (SSSR count). The number of carbonyl (C=O) groups excluding carboxylic acids is 1. The van der Waals surface area contributed by atoms with Gasteiger partial charge in [-0.15, -0.1) is 11.3 Å². The van der Waals surface area contributed by atoms with Crippen molar-refractivity contribution < 1.29 is 4.79 Å². The smallest absolute Gasteiger partial charge is 0.149 e. The van der Waals surface area contributed by atoms with E-state index in [4.69, 9.17) is 11.6 Å². The number of aromatic nitrogens is 1. The van der Waals surface area contributed by atoms with Gasteiger partial charge in [0.05, 0.1) is 16.1 Å². The van der Waals surface area contributed by atoms with Crippen LogP contribution in [0.3, 0.4) is 0 Å². The van der Waals surface area contributed by atoms with E-state index in [1.165, 1.54) is 11.3 Å². The van der Waals surface area contributed by atoms with Gasteiger partial charge in [-0.05, 0) is 12.1 Å². The number of thiol groups is 1. The maximum atomic E-state index is 11.2. The predicted molar refractivity (Wildman–Crippen MR) is 67.2 cm³/mol. The molecule has 0 amide bonds. The Balaban J connectivity index is 2.39. The Kier molecular flexibility index (Phi) is 3.29. The number of para-hydroxylation sites is 1. The summed E-state index contributed by atoms with van der Waals surface area (Å²) in [6.07, 6.45) is 0.346. The molecule has 0 saturated carbocycles. The van der Waals surface area contributed by atoms with E-state index in [0.717, 1.165) is 15.2 Å². The van der Waals surface area contributed by atoms with Crippen LogP contribution in [-0.2, 0) is 11.2 Å². The SMILES string of the molecule is O=C(CS)Cc1nc2c(Cl)cccc2s1. The van der Waals surface area contributed by atoms with Crippen LogP contribution in [0, 0.1) is 0 Å². The number of hydrogen-bond acceptors (Lipinski definition) is 4. The van der Waals surface area contributed by atoms with Crippen LogP contribution in [0.5, 0.6) is 0 Å². The van der Waals surface area contributed by atoms with E-state index in [0.29, 0.717) is 11.4 Å². The average molecular weight is 258 g/mol. The largest absolute Gasteiger partial charge is 0.298 e. The Morgan fingerprint density at radius 3 is 3.00 bits per heavy atom. The fourth-order valence-electron chi connectivity index (χ4n) is 1.26. The number of thiazole rings is 1. The highest BCUT2D eigenvalue weighted by Crippen LogP contribution is 2.28. The van der Waals surface area contributed by atoms with Crippen LogP contribution < -0.4 is 0 Å². The first-order chi connectivity index (χ1) is 7.20. The molecule has 0 atom stereocenters. The highest BCUT2D eigenvalue weighted by molar-refractivity contribution is 7.81. The standard InChI is InChI=1S/C10H8ClNOS2/c11-7-2-1-3-8-10(7)12-9(15-8)4-6(13)5-14/h1-3,14H,4-5H2. The van der Waals surface area contributed by atoms with Crippen molar-refractivity contribution in [1.29, 1.82) is 0 Å². The van der Waals surface area contributed by atoms with E-state index in [9.17, 15) is 4.79 Å². The van der Waals surface area contributed by atoms with Crippen LogP contribution in [0.4, 0.5) is 0 Å². The normalized spacial score (nSPS) is 10.8. The van der Waals surface area contributed by atoms with Crippen molar-refractivity contribution in [2.24, 2.45) is 0 Å². The Morgan fingerprint density at radius 1 is 1.53 bits per heavy atom. The van der Waals surface area contributed by atoms with Crippen molar-refractivity contribution in [2.45, 2.75) is 6.42 Å². The van der Waals surface area contributed by atoms with E-state index in [2.05, 4.69) is 17.6 Å². The van der Waals surface area contributed by atoms with Gasteiger partial charge in [-0.1, -0.05) is 17.7 Å². The van der Waals surface area contributed by atoms with Gasteiger partial charge in [0.1, 0.15) is 16.3 Å². The van der Waals surface area contributed by atoms with Crippen molar-refractivity contribution >= 4 is 51.6 Å². The Hall–Kier alpha value is -0.580. The number of rotatable bonds is 3. The van der Waals surface area contributed by atoms with Crippen LogP contribution in [0.25, 0.3) is 10.2 Å². The summed E-state index contributed by atoms with van der Waals surface area (Å²) in [5.41, 5.74) is 0.783. The summed E-state index contributed by atoms with van der Waals surface area (Å²) in [4.78, 5) is 15.5. The van der Waals surface area contributed by atoms with Gasteiger partial charge in [0.25, 0.3) is 0 Å². The molecular weight excluding hydrogens is 250 g/mol. The minimum atomic E-state index is 0.0773. The molecule has 0 N–H and O–H groups in total. The van der Waals surface area contributed by atoms with Crippen molar-refractivity contribution in [3.05, 3.63) is 28.2 Å². The molecule has 0 aliphatic heterocycles. The zero-order chi connectivity index (χ0) is 10.8. The van der Waals surface area contributed by atoms with E-state index < -0.39 is 0 Å². The molecule has 0 unspecified atom stereocenters. The lowest BCUT2D eigenvalue weighted by molar-refractivity contribution is -0.115. The number of hydrogen-bond donors (Lipinski definition) is 1. The van der Waals surface area contributed by atoms with Gasteiger partial charge in [-0.25, -0.2) is 4.98 Å². The molecule has 0 bridgehead atoms. The fraction of sp³-hybridized carbons (Fsp3) is 0.200. The van der Waals surface area contributed by atoms with Crippen LogP contribution in [0.15, 0.2) is 18.2 Å². The maximum absolute atomic E-state index is 11.2. The second kappa shape index (κ2) is 4.51. The molecule has 15 heavy (non-hydrogen) atoms.